The molecule has 0 aliphatic carbocycles. The van der Waals surface area contributed by atoms with Crippen molar-refractivity contribution in [3.05, 3.63) is 66.5 Å². The first kappa shape index (κ1) is 13.8. The molecule has 0 aliphatic heterocycles. The van der Waals surface area contributed by atoms with Gasteiger partial charge in [0.25, 0.3) is 0 Å². The quantitative estimate of drug-likeness (QED) is 0.559. The molecule has 0 saturated carbocycles. The van der Waals surface area contributed by atoms with Gasteiger partial charge in [-0.15, -0.1) is 0 Å². The van der Waals surface area contributed by atoms with E-state index in [1.165, 1.54) is 27.5 Å². The first-order chi connectivity index (χ1) is 9.95. The zero-order chi connectivity index (χ0) is 15.0. The number of nitrogens with zero attached hydrogens (tertiary/aromatic N) is 1. The topological polar surface area (TPSA) is 3.88 Å². The van der Waals surface area contributed by atoms with Crippen LogP contribution in [-0.2, 0) is 5.54 Å². The molecule has 0 N–H and O–H groups in total. The molecule has 0 spiro atoms. The van der Waals surface area contributed by atoms with E-state index in [-0.39, 0.29) is 5.54 Å². The summed E-state index contributed by atoms with van der Waals surface area (Å²) in [6.45, 7) is 8.84. The van der Waals surface area contributed by atoms with Crippen molar-refractivity contribution in [3.8, 4) is 11.1 Å². The molecule has 1 nitrogen and oxygen atoms in total. The third-order valence-electron chi connectivity index (χ3n) is 3.93. The zero-order valence-corrected chi connectivity index (χ0v) is 13.2. The van der Waals surface area contributed by atoms with Crippen molar-refractivity contribution in [2.24, 2.45) is 0 Å². The van der Waals surface area contributed by atoms with E-state index in [4.69, 9.17) is 0 Å². The summed E-state index contributed by atoms with van der Waals surface area (Å²) in [4.78, 5) is 0. The van der Waals surface area contributed by atoms with Crippen LogP contribution in [0.4, 0.5) is 0 Å². The molecule has 3 aromatic rings. The van der Waals surface area contributed by atoms with Crippen LogP contribution in [0.15, 0.2) is 60.9 Å². The van der Waals surface area contributed by atoms with E-state index < -0.39 is 0 Å². The molecular formula is C20H22N+. The number of pyridine rings is 1. The monoisotopic (exact) mass is 276 g/mol. The van der Waals surface area contributed by atoms with E-state index in [0.717, 1.165) is 0 Å². The van der Waals surface area contributed by atoms with Gasteiger partial charge in [0.2, 0.25) is 0 Å². The summed E-state index contributed by atoms with van der Waals surface area (Å²) in [6.07, 6.45) is 4.51. The molecule has 0 unspecified atom stereocenters. The number of fused-ring (bicyclic) bond motifs is 1. The third kappa shape index (κ3) is 2.69. The highest BCUT2D eigenvalue weighted by molar-refractivity contribution is 5.95. The molecule has 0 atom stereocenters. The Labute approximate surface area is 126 Å². The number of hydrogen-bond donors (Lipinski definition) is 0. The minimum Gasteiger partial charge on any atom is -0.199 e. The van der Waals surface area contributed by atoms with Crippen molar-refractivity contribution >= 4 is 10.8 Å². The fourth-order valence-electron chi connectivity index (χ4n) is 2.60. The summed E-state index contributed by atoms with van der Waals surface area (Å²) in [7, 11) is 0. The van der Waals surface area contributed by atoms with Crippen LogP contribution in [0.2, 0.25) is 0 Å². The second kappa shape index (κ2) is 5.00. The van der Waals surface area contributed by atoms with Gasteiger partial charge in [-0.05, 0) is 18.6 Å². The van der Waals surface area contributed by atoms with Gasteiger partial charge in [-0.1, -0.05) is 48.0 Å². The van der Waals surface area contributed by atoms with Gasteiger partial charge in [-0.25, -0.2) is 0 Å². The number of benzene rings is 2. The molecule has 1 heteroatoms. The fraction of sp³-hybridized carbons (Fsp3) is 0.250. The number of hydrogen-bond acceptors (Lipinski definition) is 0. The zero-order valence-electron chi connectivity index (χ0n) is 13.2. The largest absolute Gasteiger partial charge is 0.199 e. The molecule has 1 aromatic heterocycles. The maximum Gasteiger partial charge on any atom is 0.177 e. The average Bonchev–Trinajstić information content (AvgIpc) is 2.46. The molecule has 0 saturated heterocycles. The van der Waals surface area contributed by atoms with Crippen LogP contribution in [0.25, 0.3) is 21.9 Å². The standard InChI is InChI=1S/C20H22N/c1-15-9-11-16(12-10-15)19-14-21(20(2,3)4)13-17-7-5-6-8-18(17)19/h5-14H,1-4H3/q+1. The lowest BCUT2D eigenvalue weighted by molar-refractivity contribution is -0.752. The van der Waals surface area contributed by atoms with Crippen LogP contribution in [0, 0.1) is 6.92 Å². The molecule has 3 rings (SSSR count). The number of aryl methyl sites for hydroxylation is 1. The van der Waals surface area contributed by atoms with E-state index >= 15 is 0 Å². The highest BCUT2D eigenvalue weighted by Gasteiger charge is 2.23. The number of rotatable bonds is 1. The van der Waals surface area contributed by atoms with Gasteiger partial charge in [0.15, 0.2) is 17.9 Å². The Balaban J connectivity index is 2.31. The van der Waals surface area contributed by atoms with Crippen LogP contribution in [0.3, 0.4) is 0 Å². The molecule has 21 heavy (non-hydrogen) atoms. The average molecular weight is 276 g/mol. The van der Waals surface area contributed by atoms with Crippen molar-refractivity contribution in [3.63, 3.8) is 0 Å². The van der Waals surface area contributed by atoms with Crippen LogP contribution >= 0.6 is 0 Å². The summed E-state index contributed by atoms with van der Waals surface area (Å²) in [5, 5.41) is 2.59. The van der Waals surface area contributed by atoms with E-state index in [1.54, 1.807) is 0 Å². The van der Waals surface area contributed by atoms with Crippen LogP contribution in [0.5, 0.6) is 0 Å². The van der Waals surface area contributed by atoms with Crippen molar-refractivity contribution in [1.82, 2.24) is 0 Å². The van der Waals surface area contributed by atoms with Gasteiger partial charge in [0.05, 0.1) is 5.56 Å². The summed E-state index contributed by atoms with van der Waals surface area (Å²) >= 11 is 0. The predicted octanol–water partition coefficient (Wildman–Crippen LogP) is 4.86. The Bertz CT molecular complexity index is 777. The molecule has 2 aromatic carbocycles. The Morgan fingerprint density at radius 3 is 2.14 bits per heavy atom. The number of aromatic nitrogens is 1. The molecule has 0 radical (unpaired) electrons. The van der Waals surface area contributed by atoms with Gasteiger partial charge in [0, 0.05) is 31.5 Å². The van der Waals surface area contributed by atoms with E-state index in [1.807, 2.05) is 0 Å². The molecule has 1 heterocycles. The fourth-order valence-corrected chi connectivity index (χ4v) is 2.60. The normalized spacial score (nSPS) is 11.8. The summed E-state index contributed by atoms with van der Waals surface area (Å²) in [5.74, 6) is 0. The van der Waals surface area contributed by atoms with E-state index in [2.05, 4.69) is 93.2 Å². The first-order valence-corrected chi connectivity index (χ1v) is 7.47. The smallest absolute Gasteiger partial charge is 0.177 e. The molecule has 0 amide bonds. The molecule has 106 valence electrons. The van der Waals surface area contributed by atoms with E-state index in [9.17, 15) is 0 Å². The minimum absolute atomic E-state index is 0.0729. The first-order valence-electron chi connectivity index (χ1n) is 7.47. The Morgan fingerprint density at radius 1 is 0.810 bits per heavy atom. The van der Waals surface area contributed by atoms with Gasteiger partial charge in [-0.2, -0.15) is 4.57 Å². The molecule has 0 aliphatic rings. The lowest BCUT2D eigenvalue weighted by Crippen LogP contribution is -2.49. The van der Waals surface area contributed by atoms with Crippen LogP contribution in [-0.4, -0.2) is 0 Å². The van der Waals surface area contributed by atoms with Gasteiger partial charge < -0.3 is 0 Å². The van der Waals surface area contributed by atoms with Crippen molar-refractivity contribution in [2.45, 2.75) is 33.2 Å². The molecular weight excluding hydrogens is 254 g/mol. The van der Waals surface area contributed by atoms with Crippen LogP contribution in [0.1, 0.15) is 26.3 Å². The van der Waals surface area contributed by atoms with Crippen molar-refractivity contribution in [1.29, 1.82) is 0 Å². The maximum absolute atomic E-state index is 2.31. The highest BCUT2D eigenvalue weighted by atomic mass is 15.0. The van der Waals surface area contributed by atoms with Gasteiger partial charge in [-0.3, -0.25) is 0 Å². The Hall–Kier alpha value is -2.15. The van der Waals surface area contributed by atoms with Gasteiger partial charge in [0.1, 0.15) is 0 Å². The lowest BCUT2D eigenvalue weighted by Gasteiger charge is -2.15. The minimum atomic E-state index is 0.0729. The molecule has 0 fully saturated rings. The Morgan fingerprint density at radius 2 is 1.48 bits per heavy atom. The second-order valence-corrected chi connectivity index (χ2v) is 6.70. The van der Waals surface area contributed by atoms with Crippen molar-refractivity contribution < 1.29 is 4.57 Å². The SMILES string of the molecule is Cc1ccc(-c2c[n+](C(C)(C)C)cc3ccccc23)cc1. The Kier molecular flexibility index (Phi) is 3.29. The summed E-state index contributed by atoms with van der Waals surface area (Å²) < 4.78 is 2.31. The third-order valence-corrected chi connectivity index (χ3v) is 3.93. The summed E-state index contributed by atoms with van der Waals surface area (Å²) in [6, 6.07) is 17.4. The van der Waals surface area contributed by atoms with E-state index in [0.29, 0.717) is 0 Å². The summed E-state index contributed by atoms with van der Waals surface area (Å²) in [5.41, 5.74) is 3.94. The maximum atomic E-state index is 2.31. The van der Waals surface area contributed by atoms with Crippen molar-refractivity contribution in [2.75, 3.05) is 0 Å². The van der Waals surface area contributed by atoms with Gasteiger partial charge >= 0.3 is 0 Å². The molecule has 0 bridgehead atoms. The second-order valence-electron chi connectivity index (χ2n) is 6.70. The van der Waals surface area contributed by atoms with Crippen LogP contribution < -0.4 is 4.57 Å². The predicted molar refractivity (Wildman–Crippen MR) is 89.3 cm³/mol. The lowest BCUT2D eigenvalue weighted by atomic mass is 9.98. The highest BCUT2D eigenvalue weighted by Crippen LogP contribution is 2.28.